The molecule has 0 aliphatic rings. The molecule has 0 saturated heterocycles. The van der Waals surface area contributed by atoms with Crippen molar-refractivity contribution in [2.24, 2.45) is 10.9 Å². The maximum atomic E-state index is 8.62. The van der Waals surface area contributed by atoms with Crippen LogP contribution in [-0.2, 0) is 13.1 Å². The number of benzene rings is 1. The highest BCUT2D eigenvalue weighted by Gasteiger charge is 2.12. The van der Waals surface area contributed by atoms with Crippen molar-refractivity contribution in [1.29, 1.82) is 0 Å². The van der Waals surface area contributed by atoms with Gasteiger partial charge in [0.2, 0.25) is 0 Å². The van der Waals surface area contributed by atoms with Crippen LogP contribution in [0.4, 0.5) is 0 Å². The molecule has 1 aromatic carbocycles. The van der Waals surface area contributed by atoms with Gasteiger partial charge >= 0.3 is 0 Å². The van der Waals surface area contributed by atoms with Crippen LogP contribution in [0.2, 0.25) is 0 Å². The Morgan fingerprint density at radius 1 is 1.38 bits per heavy atom. The Labute approximate surface area is 124 Å². The average molecular weight is 289 g/mol. The predicted octanol–water partition coefficient (Wildman–Crippen LogP) is 2.01. The summed E-state index contributed by atoms with van der Waals surface area (Å²) in [5, 5.41) is 17.5. The van der Waals surface area contributed by atoms with Crippen LogP contribution in [0.15, 0.2) is 29.4 Å². The smallest absolute Gasteiger partial charge is 0.140 e. The van der Waals surface area contributed by atoms with E-state index in [1.165, 1.54) is 10.9 Å². The molecule has 0 bridgehead atoms. The minimum atomic E-state index is 0.261. The second-order valence-corrected chi connectivity index (χ2v) is 4.99. The van der Waals surface area contributed by atoms with E-state index in [-0.39, 0.29) is 5.84 Å². The van der Waals surface area contributed by atoms with Crippen molar-refractivity contribution in [3.63, 3.8) is 0 Å². The zero-order chi connectivity index (χ0) is 15.2. The first kappa shape index (κ1) is 15.3. The normalized spacial score (nSPS) is 12.4. The fourth-order valence-corrected chi connectivity index (χ4v) is 2.44. The molecule has 114 valence electrons. The first-order chi connectivity index (χ1) is 10.2. The molecule has 0 spiro atoms. The van der Waals surface area contributed by atoms with E-state index in [2.05, 4.69) is 36.0 Å². The summed E-state index contributed by atoms with van der Waals surface area (Å²) in [7, 11) is 0. The molecule has 2 aromatic rings. The minimum absolute atomic E-state index is 0.261. The number of hydrogen-bond donors (Lipinski definition) is 2. The van der Waals surface area contributed by atoms with Crippen LogP contribution in [-0.4, -0.2) is 38.8 Å². The number of aromatic nitrogens is 2. The highest BCUT2D eigenvalue weighted by molar-refractivity contribution is 5.82. The second kappa shape index (κ2) is 7.08. The number of amidine groups is 1. The van der Waals surface area contributed by atoms with E-state index in [1.54, 1.807) is 0 Å². The van der Waals surface area contributed by atoms with Gasteiger partial charge in [0.05, 0.1) is 11.2 Å². The summed E-state index contributed by atoms with van der Waals surface area (Å²) >= 11 is 0. The van der Waals surface area contributed by atoms with E-state index >= 15 is 0 Å². The van der Waals surface area contributed by atoms with Crippen molar-refractivity contribution >= 4 is 16.7 Å². The molecule has 0 fully saturated rings. The summed E-state index contributed by atoms with van der Waals surface area (Å²) < 4.78 is 2.03. The first-order valence-corrected chi connectivity index (χ1v) is 7.32. The Balaban J connectivity index is 2.17. The van der Waals surface area contributed by atoms with Crippen LogP contribution < -0.4 is 5.73 Å². The van der Waals surface area contributed by atoms with Crippen LogP contribution in [0, 0.1) is 0 Å². The monoisotopic (exact) mass is 289 g/mol. The van der Waals surface area contributed by atoms with Gasteiger partial charge in [-0.15, -0.1) is 0 Å². The number of nitrogens with two attached hydrogens (primary N) is 1. The minimum Gasteiger partial charge on any atom is -0.409 e. The molecule has 0 aliphatic heterocycles. The number of oxime groups is 1. The molecule has 1 aromatic heterocycles. The Morgan fingerprint density at radius 3 is 2.81 bits per heavy atom. The Bertz CT molecular complexity index is 620. The summed E-state index contributed by atoms with van der Waals surface area (Å²) in [5.74, 6) is 0.261. The Kier molecular flexibility index (Phi) is 5.16. The summed E-state index contributed by atoms with van der Waals surface area (Å²) in [6, 6.07) is 8.29. The third-order valence-corrected chi connectivity index (χ3v) is 3.67. The van der Waals surface area contributed by atoms with Gasteiger partial charge in [-0.3, -0.25) is 9.58 Å². The van der Waals surface area contributed by atoms with E-state index in [1.807, 2.05) is 16.8 Å². The molecule has 0 saturated carbocycles. The van der Waals surface area contributed by atoms with E-state index < -0.39 is 0 Å². The number of fused-ring (bicyclic) bond motifs is 1. The lowest BCUT2D eigenvalue weighted by atomic mass is 10.2. The van der Waals surface area contributed by atoms with Crippen molar-refractivity contribution in [3.05, 3.63) is 30.0 Å². The summed E-state index contributed by atoms with van der Waals surface area (Å²) in [6.45, 7) is 7.47. The third-order valence-electron chi connectivity index (χ3n) is 3.67. The first-order valence-electron chi connectivity index (χ1n) is 7.32. The van der Waals surface area contributed by atoms with Crippen LogP contribution in [0.25, 0.3) is 10.9 Å². The van der Waals surface area contributed by atoms with Crippen LogP contribution in [0.1, 0.15) is 26.0 Å². The molecule has 6 nitrogen and oxygen atoms in total. The molecule has 21 heavy (non-hydrogen) atoms. The van der Waals surface area contributed by atoms with Gasteiger partial charge < -0.3 is 10.9 Å². The van der Waals surface area contributed by atoms with Gasteiger partial charge in [-0.25, -0.2) is 0 Å². The van der Waals surface area contributed by atoms with Crippen molar-refractivity contribution < 1.29 is 5.21 Å². The lowest BCUT2D eigenvalue weighted by Gasteiger charge is -2.18. The molecule has 0 amide bonds. The SMILES string of the molecule is CCN(CCC(N)=NO)Cc1nn(CC)c2ccccc12. The number of aryl methyl sites for hydroxylation is 1. The topological polar surface area (TPSA) is 79.7 Å². The highest BCUT2D eigenvalue weighted by Crippen LogP contribution is 2.19. The molecule has 3 N–H and O–H groups in total. The van der Waals surface area contributed by atoms with Gasteiger partial charge in [0, 0.05) is 31.4 Å². The van der Waals surface area contributed by atoms with E-state index in [0.717, 1.165) is 31.9 Å². The maximum Gasteiger partial charge on any atom is 0.140 e. The van der Waals surface area contributed by atoms with Crippen LogP contribution in [0.5, 0.6) is 0 Å². The van der Waals surface area contributed by atoms with Crippen molar-refractivity contribution in [1.82, 2.24) is 14.7 Å². The number of nitrogens with zero attached hydrogens (tertiary/aromatic N) is 4. The Hall–Kier alpha value is -2.08. The molecular weight excluding hydrogens is 266 g/mol. The standard InChI is InChI=1S/C15H23N5O/c1-3-19(10-9-15(16)18-21)11-13-12-7-5-6-8-14(12)20(4-2)17-13/h5-8,21H,3-4,9-11H2,1-2H3,(H2,16,18). The van der Waals surface area contributed by atoms with Crippen molar-refractivity contribution in [2.75, 3.05) is 13.1 Å². The van der Waals surface area contributed by atoms with Crippen molar-refractivity contribution in [3.8, 4) is 0 Å². The van der Waals surface area contributed by atoms with E-state index in [9.17, 15) is 0 Å². The molecule has 1 heterocycles. The molecule has 0 aliphatic carbocycles. The van der Waals surface area contributed by atoms with Gasteiger partial charge in [0.1, 0.15) is 5.84 Å². The zero-order valence-electron chi connectivity index (χ0n) is 12.7. The van der Waals surface area contributed by atoms with Crippen LogP contribution in [0.3, 0.4) is 0 Å². The largest absolute Gasteiger partial charge is 0.409 e. The van der Waals surface area contributed by atoms with Gasteiger partial charge in [0.15, 0.2) is 0 Å². The lowest BCUT2D eigenvalue weighted by Crippen LogP contribution is -2.28. The quantitative estimate of drug-likeness (QED) is 0.354. The van der Waals surface area contributed by atoms with E-state index in [4.69, 9.17) is 16.0 Å². The van der Waals surface area contributed by atoms with Gasteiger partial charge in [-0.2, -0.15) is 5.10 Å². The summed E-state index contributed by atoms with van der Waals surface area (Å²) in [6.07, 6.45) is 0.552. The van der Waals surface area contributed by atoms with E-state index in [0.29, 0.717) is 6.42 Å². The van der Waals surface area contributed by atoms with Gasteiger partial charge in [-0.1, -0.05) is 30.3 Å². The maximum absolute atomic E-state index is 8.62. The van der Waals surface area contributed by atoms with Crippen LogP contribution >= 0.6 is 0 Å². The number of hydrogen-bond acceptors (Lipinski definition) is 4. The Morgan fingerprint density at radius 2 is 2.14 bits per heavy atom. The molecule has 0 radical (unpaired) electrons. The second-order valence-electron chi connectivity index (χ2n) is 4.99. The fourth-order valence-electron chi connectivity index (χ4n) is 2.44. The molecular formula is C15H23N5O. The number of para-hydroxylation sites is 1. The molecule has 6 heteroatoms. The fraction of sp³-hybridized carbons (Fsp3) is 0.467. The van der Waals surface area contributed by atoms with Gasteiger partial charge in [0.25, 0.3) is 0 Å². The van der Waals surface area contributed by atoms with Gasteiger partial charge in [-0.05, 0) is 19.5 Å². The lowest BCUT2D eigenvalue weighted by molar-refractivity contribution is 0.280. The molecule has 2 rings (SSSR count). The summed E-state index contributed by atoms with van der Waals surface area (Å²) in [4.78, 5) is 2.24. The zero-order valence-corrected chi connectivity index (χ0v) is 12.7. The third kappa shape index (κ3) is 3.52. The number of rotatable bonds is 7. The van der Waals surface area contributed by atoms with Crippen molar-refractivity contribution in [2.45, 2.75) is 33.4 Å². The average Bonchev–Trinajstić information content (AvgIpc) is 2.89. The molecule has 0 atom stereocenters. The summed E-state index contributed by atoms with van der Waals surface area (Å²) in [5.41, 5.74) is 7.79. The predicted molar refractivity (Wildman–Crippen MR) is 84.4 cm³/mol. The highest BCUT2D eigenvalue weighted by atomic mass is 16.4. The molecule has 0 unspecified atom stereocenters.